The zero-order chi connectivity index (χ0) is 10.7. The fraction of sp³-hybridized carbons (Fsp3) is 0.250. The standard InChI is InChI=1S/C8H8N4O2/c1-11(2)8-7(12(13)14)6(5-9)3-4-10-8/h3-4H,1-2H3. The van der Waals surface area contributed by atoms with E-state index < -0.39 is 4.92 Å². The Hall–Kier alpha value is -2.16. The van der Waals surface area contributed by atoms with Crippen LogP contribution < -0.4 is 4.90 Å². The lowest BCUT2D eigenvalue weighted by molar-refractivity contribution is -0.384. The predicted octanol–water partition coefficient (Wildman–Crippen LogP) is 0.927. The summed E-state index contributed by atoms with van der Waals surface area (Å²) in [5.74, 6) is 0.189. The molecule has 0 aliphatic carbocycles. The monoisotopic (exact) mass is 192 g/mol. The number of nitriles is 1. The first-order valence-electron chi connectivity index (χ1n) is 3.78. The molecule has 6 heteroatoms. The summed E-state index contributed by atoms with van der Waals surface area (Å²) < 4.78 is 0. The van der Waals surface area contributed by atoms with Crippen molar-refractivity contribution in [3.8, 4) is 6.07 Å². The summed E-state index contributed by atoms with van der Waals surface area (Å²) in [6.45, 7) is 0. The van der Waals surface area contributed by atoms with Crippen LogP contribution in [0.2, 0.25) is 0 Å². The third-order valence-electron chi connectivity index (χ3n) is 1.63. The molecule has 6 nitrogen and oxygen atoms in total. The van der Waals surface area contributed by atoms with Crippen LogP contribution in [0.3, 0.4) is 0 Å². The molecule has 0 radical (unpaired) electrons. The number of nitro groups is 1. The molecule has 0 amide bonds. The van der Waals surface area contributed by atoms with Gasteiger partial charge in [-0.1, -0.05) is 0 Å². The Bertz CT molecular complexity index is 408. The van der Waals surface area contributed by atoms with Crippen LogP contribution in [-0.4, -0.2) is 24.0 Å². The minimum Gasteiger partial charge on any atom is -0.357 e. The Morgan fingerprint density at radius 2 is 2.29 bits per heavy atom. The van der Waals surface area contributed by atoms with E-state index in [-0.39, 0.29) is 17.1 Å². The van der Waals surface area contributed by atoms with Crippen molar-refractivity contribution >= 4 is 11.5 Å². The summed E-state index contributed by atoms with van der Waals surface area (Å²) in [5, 5.41) is 19.4. The van der Waals surface area contributed by atoms with E-state index in [4.69, 9.17) is 5.26 Å². The third-order valence-corrected chi connectivity index (χ3v) is 1.63. The smallest absolute Gasteiger partial charge is 0.329 e. The molecule has 14 heavy (non-hydrogen) atoms. The zero-order valence-corrected chi connectivity index (χ0v) is 7.76. The highest BCUT2D eigenvalue weighted by Gasteiger charge is 2.21. The van der Waals surface area contributed by atoms with Gasteiger partial charge in [0.05, 0.1) is 4.92 Å². The van der Waals surface area contributed by atoms with Crippen molar-refractivity contribution in [2.24, 2.45) is 0 Å². The molecule has 0 atom stereocenters. The molecule has 1 aromatic heterocycles. The van der Waals surface area contributed by atoms with Crippen molar-refractivity contribution < 1.29 is 4.92 Å². The van der Waals surface area contributed by atoms with Crippen LogP contribution in [0.15, 0.2) is 12.3 Å². The summed E-state index contributed by atoms with van der Waals surface area (Å²) in [6.07, 6.45) is 1.38. The van der Waals surface area contributed by atoms with Gasteiger partial charge in [0, 0.05) is 20.3 Å². The average Bonchev–Trinajstić information content (AvgIpc) is 2.16. The van der Waals surface area contributed by atoms with Gasteiger partial charge in [0.15, 0.2) is 0 Å². The topological polar surface area (TPSA) is 83.1 Å². The molecule has 0 aromatic carbocycles. The lowest BCUT2D eigenvalue weighted by atomic mass is 10.2. The minimum absolute atomic E-state index is 0.0219. The number of aromatic nitrogens is 1. The maximum absolute atomic E-state index is 10.7. The van der Waals surface area contributed by atoms with Gasteiger partial charge in [-0.05, 0) is 6.07 Å². The number of nitrogens with zero attached hydrogens (tertiary/aromatic N) is 4. The van der Waals surface area contributed by atoms with Crippen LogP contribution >= 0.6 is 0 Å². The Morgan fingerprint density at radius 3 is 2.71 bits per heavy atom. The Morgan fingerprint density at radius 1 is 1.64 bits per heavy atom. The van der Waals surface area contributed by atoms with Gasteiger partial charge < -0.3 is 4.90 Å². The van der Waals surface area contributed by atoms with E-state index in [1.165, 1.54) is 17.2 Å². The zero-order valence-electron chi connectivity index (χ0n) is 7.76. The van der Waals surface area contributed by atoms with E-state index in [0.717, 1.165) is 0 Å². The molecule has 0 aliphatic rings. The number of hydrogen-bond acceptors (Lipinski definition) is 5. The molecule has 0 fully saturated rings. The molecule has 0 spiro atoms. The Labute approximate surface area is 80.6 Å². The highest BCUT2D eigenvalue weighted by molar-refractivity contribution is 5.64. The first kappa shape index (κ1) is 9.92. The van der Waals surface area contributed by atoms with E-state index in [9.17, 15) is 10.1 Å². The van der Waals surface area contributed by atoms with Crippen molar-refractivity contribution in [1.29, 1.82) is 5.26 Å². The van der Waals surface area contributed by atoms with Crippen LogP contribution in [0.4, 0.5) is 11.5 Å². The molecule has 1 aromatic rings. The Kier molecular flexibility index (Phi) is 2.62. The summed E-state index contributed by atoms with van der Waals surface area (Å²) in [5.41, 5.74) is -0.228. The fourth-order valence-corrected chi connectivity index (χ4v) is 1.04. The quantitative estimate of drug-likeness (QED) is 0.514. The number of rotatable bonds is 2. The first-order chi connectivity index (χ1) is 6.57. The van der Waals surface area contributed by atoms with Gasteiger partial charge >= 0.3 is 5.69 Å². The van der Waals surface area contributed by atoms with Crippen molar-refractivity contribution in [3.05, 3.63) is 27.9 Å². The molecule has 1 rings (SSSR count). The Balaban J connectivity index is 3.45. The summed E-state index contributed by atoms with van der Waals surface area (Å²) in [7, 11) is 3.27. The van der Waals surface area contributed by atoms with Crippen LogP contribution in [0.25, 0.3) is 0 Å². The lowest BCUT2D eigenvalue weighted by Crippen LogP contribution is -2.13. The van der Waals surface area contributed by atoms with Gasteiger partial charge in [0.1, 0.15) is 11.6 Å². The van der Waals surface area contributed by atoms with E-state index in [1.807, 2.05) is 0 Å². The summed E-state index contributed by atoms with van der Waals surface area (Å²) >= 11 is 0. The highest BCUT2D eigenvalue weighted by Crippen LogP contribution is 2.27. The summed E-state index contributed by atoms with van der Waals surface area (Å²) in [6, 6.07) is 3.09. The van der Waals surface area contributed by atoms with E-state index in [0.29, 0.717) is 0 Å². The second-order valence-corrected chi connectivity index (χ2v) is 2.79. The molecular formula is C8H8N4O2. The average molecular weight is 192 g/mol. The van der Waals surface area contributed by atoms with Gasteiger partial charge in [-0.2, -0.15) is 5.26 Å². The molecule has 72 valence electrons. The normalized spacial score (nSPS) is 9.21. The second-order valence-electron chi connectivity index (χ2n) is 2.79. The van der Waals surface area contributed by atoms with Gasteiger partial charge in [0.25, 0.3) is 0 Å². The van der Waals surface area contributed by atoms with Crippen LogP contribution in [0.1, 0.15) is 5.56 Å². The van der Waals surface area contributed by atoms with E-state index in [1.54, 1.807) is 20.2 Å². The molecule has 0 N–H and O–H groups in total. The molecule has 1 heterocycles. The largest absolute Gasteiger partial charge is 0.357 e. The number of pyridine rings is 1. The minimum atomic E-state index is -0.596. The van der Waals surface area contributed by atoms with Gasteiger partial charge in [0.2, 0.25) is 5.82 Å². The van der Waals surface area contributed by atoms with Crippen molar-refractivity contribution in [2.45, 2.75) is 0 Å². The first-order valence-corrected chi connectivity index (χ1v) is 3.78. The van der Waals surface area contributed by atoms with Gasteiger partial charge in [-0.3, -0.25) is 10.1 Å². The molecule has 0 saturated carbocycles. The van der Waals surface area contributed by atoms with Crippen molar-refractivity contribution in [2.75, 3.05) is 19.0 Å². The number of hydrogen-bond donors (Lipinski definition) is 0. The van der Waals surface area contributed by atoms with E-state index >= 15 is 0 Å². The van der Waals surface area contributed by atoms with Crippen LogP contribution in [0, 0.1) is 21.4 Å². The molecule has 0 aliphatic heterocycles. The van der Waals surface area contributed by atoms with Crippen LogP contribution in [-0.2, 0) is 0 Å². The second kappa shape index (κ2) is 3.70. The highest BCUT2D eigenvalue weighted by atomic mass is 16.6. The maximum atomic E-state index is 10.7. The lowest BCUT2D eigenvalue weighted by Gasteiger charge is -2.10. The summed E-state index contributed by atoms with van der Waals surface area (Å²) in [4.78, 5) is 15.4. The fourth-order valence-electron chi connectivity index (χ4n) is 1.04. The third kappa shape index (κ3) is 1.61. The molecule has 0 saturated heterocycles. The van der Waals surface area contributed by atoms with E-state index in [2.05, 4.69) is 4.98 Å². The van der Waals surface area contributed by atoms with Gasteiger partial charge in [-0.15, -0.1) is 0 Å². The SMILES string of the molecule is CN(C)c1nccc(C#N)c1[N+](=O)[O-]. The van der Waals surface area contributed by atoms with Crippen molar-refractivity contribution in [1.82, 2.24) is 4.98 Å². The molecule has 0 unspecified atom stereocenters. The van der Waals surface area contributed by atoms with Gasteiger partial charge in [-0.25, -0.2) is 4.98 Å². The maximum Gasteiger partial charge on any atom is 0.329 e. The van der Waals surface area contributed by atoms with Crippen molar-refractivity contribution in [3.63, 3.8) is 0 Å². The van der Waals surface area contributed by atoms with Crippen LogP contribution in [0.5, 0.6) is 0 Å². The number of anilines is 1. The predicted molar refractivity (Wildman–Crippen MR) is 49.9 cm³/mol. The molecule has 0 bridgehead atoms. The molecular weight excluding hydrogens is 184 g/mol.